The summed E-state index contributed by atoms with van der Waals surface area (Å²) in [4.78, 5) is 27.3. The van der Waals surface area contributed by atoms with Crippen molar-refractivity contribution < 1.29 is 19.4 Å². The van der Waals surface area contributed by atoms with E-state index in [0.29, 0.717) is 32.1 Å². The van der Waals surface area contributed by atoms with Crippen LogP contribution in [0.2, 0.25) is 15.1 Å². The number of carbonyl (C=O) groups is 2. The lowest BCUT2D eigenvalue weighted by atomic mass is 10.0. The lowest BCUT2D eigenvalue weighted by molar-refractivity contribution is -0.130. The zero-order chi connectivity index (χ0) is 20.4. The van der Waals surface area contributed by atoms with Gasteiger partial charge in [0.25, 0.3) is 0 Å². The summed E-state index contributed by atoms with van der Waals surface area (Å²) in [5.41, 5.74) is 1.28. The Morgan fingerprint density at radius 3 is 2.39 bits per heavy atom. The van der Waals surface area contributed by atoms with Gasteiger partial charge in [0.2, 0.25) is 0 Å². The van der Waals surface area contributed by atoms with Crippen molar-refractivity contribution in [3.05, 3.63) is 68.3 Å². The molecule has 0 aliphatic heterocycles. The predicted molar refractivity (Wildman–Crippen MR) is 111 cm³/mol. The molecule has 0 atom stereocenters. The molecule has 0 unspecified atom stereocenters. The van der Waals surface area contributed by atoms with Crippen LogP contribution in [0.3, 0.4) is 0 Å². The van der Waals surface area contributed by atoms with Crippen LogP contribution in [-0.2, 0) is 9.53 Å². The van der Waals surface area contributed by atoms with Gasteiger partial charge in [-0.15, -0.1) is 0 Å². The zero-order valence-corrected chi connectivity index (χ0v) is 16.8. The second-order valence-electron chi connectivity index (χ2n) is 5.81. The maximum absolute atomic E-state index is 12.4. The molecule has 0 aliphatic carbocycles. The molecule has 0 aliphatic rings. The third-order valence-electron chi connectivity index (χ3n) is 4.01. The number of halogens is 3. The second kappa shape index (κ2) is 8.27. The normalized spacial score (nSPS) is 11.6. The van der Waals surface area contributed by atoms with Gasteiger partial charge in [-0.2, -0.15) is 0 Å². The van der Waals surface area contributed by atoms with Crippen LogP contribution in [0.25, 0.3) is 22.6 Å². The largest absolute Gasteiger partial charge is 0.478 e. The number of aliphatic carboxylic acids is 1. The van der Waals surface area contributed by atoms with Gasteiger partial charge >= 0.3 is 11.9 Å². The first-order chi connectivity index (χ1) is 13.3. The highest BCUT2D eigenvalue weighted by Gasteiger charge is 2.22. The maximum atomic E-state index is 12.4. The van der Waals surface area contributed by atoms with Crippen LogP contribution in [-0.4, -0.2) is 28.6 Å². The Kier molecular flexibility index (Phi) is 5.98. The highest BCUT2D eigenvalue weighted by Crippen LogP contribution is 2.35. The number of aromatic nitrogens is 1. The van der Waals surface area contributed by atoms with Crippen molar-refractivity contribution in [3.8, 4) is 0 Å². The first-order valence-electron chi connectivity index (χ1n) is 8.20. The number of carbonyl (C=O) groups excluding carboxylic acids is 1. The molecule has 0 amide bonds. The molecule has 3 rings (SSSR count). The van der Waals surface area contributed by atoms with E-state index < -0.39 is 11.9 Å². The molecule has 0 bridgehead atoms. The number of hydrogen-bond donors (Lipinski definition) is 2. The van der Waals surface area contributed by atoms with Gasteiger partial charge < -0.3 is 14.8 Å². The average molecular weight is 439 g/mol. The molecule has 5 nitrogen and oxygen atoms in total. The van der Waals surface area contributed by atoms with Gasteiger partial charge in [0, 0.05) is 26.5 Å². The number of rotatable bonds is 5. The van der Waals surface area contributed by atoms with Crippen LogP contribution in [0.1, 0.15) is 28.5 Å². The van der Waals surface area contributed by atoms with Crippen LogP contribution in [0.4, 0.5) is 0 Å². The molecule has 0 spiro atoms. The smallest absolute Gasteiger partial charge is 0.355 e. The van der Waals surface area contributed by atoms with E-state index in [1.54, 1.807) is 37.3 Å². The minimum absolute atomic E-state index is 0.0332. The summed E-state index contributed by atoms with van der Waals surface area (Å²) in [6.07, 6.45) is 1.39. The Morgan fingerprint density at radius 1 is 1.11 bits per heavy atom. The molecule has 2 N–H and O–H groups in total. The van der Waals surface area contributed by atoms with E-state index in [4.69, 9.17) is 39.5 Å². The molecule has 0 saturated carbocycles. The Hall–Kier alpha value is -2.47. The molecule has 0 radical (unpaired) electrons. The molecule has 144 valence electrons. The lowest BCUT2D eigenvalue weighted by Crippen LogP contribution is -2.07. The molecule has 1 heterocycles. The van der Waals surface area contributed by atoms with Gasteiger partial charge in [-0.1, -0.05) is 46.9 Å². The van der Waals surface area contributed by atoms with Crippen LogP contribution in [0, 0.1) is 0 Å². The van der Waals surface area contributed by atoms with Crippen LogP contribution >= 0.6 is 34.8 Å². The minimum atomic E-state index is -1.17. The maximum Gasteiger partial charge on any atom is 0.355 e. The monoisotopic (exact) mass is 437 g/mol. The van der Waals surface area contributed by atoms with Gasteiger partial charge in [0.05, 0.1) is 17.2 Å². The second-order valence-corrected chi connectivity index (χ2v) is 7.09. The number of carboxylic acids is 1. The van der Waals surface area contributed by atoms with Crippen molar-refractivity contribution >= 4 is 69.3 Å². The first kappa shape index (κ1) is 20.3. The summed E-state index contributed by atoms with van der Waals surface area (Å²) in [6.45, 7) is 1.84. The summed E-state index contributed by atoms with van der Waals surface area (Å²) in [7, 11) is 0. The van der Waals surface area contributed by atoms with Crippen molar-refractivity contribution in [2.45, 2.75) is 6.92 Å². The molecular formula is C20H14Cl3NO4. The number of esters is 1. The fourth-order valence-electron chi connectivity index (χ4n) is 2.82. The van der Waals surface area contributed by atoms with E-state index in [0.717, 1.165) is 0 Å². The van der Waals surface area contributed by atoms with E-state index in [1.165, 1.54) is 12.1 Å². The summed E-state index contributed by atoms with van der Waals surface area (Å²) in [5, 5.41) is 11.3. The Labute approximate surface area is 175 Å². The molecule has 3 aromatic rings. The fraction of sp³-hybridized carbons (Fsp3) is 0.100. The zero-order valence-electron chi connectivity index (χ0n) is 14.6. The van der Waals surface area contributed by atoms with E-state index in [9.17, 15) is 14.7 Å². The number of nitrogens with one attached hydrogen (secondary N) is 1. The first-order valence-corrected chi connectivity index (χ1v) is 9.34. The number of aromatic amines is 1. The average Bonchev–Trinajstić information content (AvgIpc) is 2.99. The molecule has 0 fully saturated rings. The Balaban J connectivity index is 2.30. The molecule has 0 saturated heterocycles. The van der Waals surface area contributed by atoms with Crippen molar-refractivity contribution in [1.82, 2.24) is 4.98 Å². The van der Waals surface area contributed by atoms with Crippen LogP contribution < -0.4 is 0 Å². The SMILES string of the molecule is CCOC(=O)c1[nH]c2cc(Cl)cc(Cl)c2c1C=C(C(=O)O)c1ccc(Cl)cc1. The van der Waals surface area contributed by atoms with Crippen LogP contribution in [0.15, 0.2) is 36.4 Å². The quantitative estimate of drug-likeness (QED) is 0.382. The number of ether oxygens (including phenoxy) is 1. The molecule has 2 aromatic carbocycles. The van der Waals surface area contributed by atoms with Gasteiger partial charge in [-0.05, 0) is 42.8 Å². The number of H-pyrrole nitrogens is 1. The molecular weight excluding hydrogens is 425 g/mol. The highest BCUT2D eigenvalue weighted by atomic mass is 35.5. The Bertz CT molecular complexity index is 1100. The fourth-order valence-corrected chi connectivity index (χ4v) is 3.55. The van der Waals surface area contributed by atoms with E-state index in [1.807, 2.05) is 0 Å². The van der Waals surface area contributed by atoms with E-state index >= 15 is 0 Å². The van der Waals surface area contributed by atoms with E-state index in [-0.39, 0.29) is 22.9 Å². The van der Waals surface area contributed by atoms with Gasteiger partial charge in [-0.25, -0.2) is 9.59 Å². The topological polar surface area (TPSA) is 79.4 Å². The summed E-state index contributed by atoms with van der Waals surface area (Å²) in [6, 6.07) is 9.46. The van der Waals surface area contributed by atoms with E-state index in [2.05, 4.69) is 4.98 Å². The minimum Gasteiger partial charge on any atom is -0.478 e. The number of benzene rings is 2. The standard InChI is InChI=1S/C20H14Cl3NO4/c1-2-28-20(27)18-14(17-15(23)7-12(22)8-16(17)24-18)9-13(19(25)26)10-3-5-11(21)6-4-10/h3-9,24H,2H2,1H3,(H,25,26). The molecule has 8 heteroatoms. The van der Waals surface area contributed by atoms with Crippen molar-refractivity contribution in [3.63, 3.8) is 0 Å². The van der Waals surface area contributed by atoms with Crippen LogP contribution in [0.5, 0.6) is 0 Å². The number of hydrogen-bond acceptors (Lipinski definition) is 3. The predicted octanol–water partition coefficient (Wildman–Crippen LogP) is 5.93. The molecule has 1 aromatic heterocycles. The van der Waals surface area contributed by atoms with Gasteiger partial charge in [0.1, 0.15) is 5.69 Å². The number of carboxylic acid groups (broad SMARTS) is 1. The summed E-state index contributed by atoms with van der Waals surface area (Å²) >= 11 is 18.3. The summed E-state index contributed by atoms with van der Waals surface area (Å²) < 4.78 is 5.09. The van der Waals surface area contributed by atoms with Gasteiger partial charge in [0.15, 0.2) is 0 Å². The summed E-state index contributed by atoms with van der Waals surface area (Å²) in [5.74, 6) is -1.80. The highest BCUT2D eigenvalue weighted by molar-refractivity contribution is 6.39. The molecule has 28 heavy (non-hydrogen) atoms. The third-order valence-corrected chi connectivity index (χ3v) is 4.78. The van der Waals surface area contributed by atoms with Crippen molar-refractivity contribution in [2.75, 3.05) is 6.61 Å². The lowest BCUT2D eigenvalue weighted by Gasteiger charge is -2.06. The number of fused-ring (bicyclic) bond motifs is 1. The Morgan fingerprint density at radius 2 is 1.79 bits per heavy atom. The van der Waals surface area contributed by atoms with Crippen molar-refractivity contribution in [2.24, 2.45) is 0 Å². The third kappa shape index (κ3) is 4.02. The van der Waals surface area contributed by atoms with Crippen molar-refractivity contribution in [1.29, 1.82) is 0 Å². The van der Waals surface area contributed by atoms with Gasteiger partial charge in [-0.3, -0.25) is 0 Å².